The number of hydrogen-bond acceptors (Lipinski definition) is 1. The molecular formula is C18H18AlOP. The van der Waals surface area contributed by atoms with Gasteiger partial charge in [-0.15, -0.1) is 0 Å². The van der Waals surface area contributed by atoms with E-state index in [1.54, 1.807) is 0 Å². The Hall–Kier alpha value is -1.58. The van der Waals surface area contributed by atoms with Crippen LogP contribution in [0.1, 0.15) is 0 Å². The Morgan fingerprint density at radius 3 is 0.952 bits per heavy atom. The molecular weight excluding hydrogens is 290 g/mol. The van der Waals surface area contributed by atoms with Crippen LogP contribution in [0, 0.1) is 0 Å². The minimum atomic E-state index is -2.78. The quantitative estimate of drug-likeness (QED) is 0.535. The van der Waals surface area contributed by atoms with E-state index in [-0.39, 0.29) is 17.4 Å². The fourth-order valence-electron chi connectivity index (χ4n) is 2.36. The molecule has 3 aromatic rings. The Labute approximate surface area is 136 Å². The molecule has 0 fully saturated rings. The molecule has 0 saturated carbocycles. The summed E-state index contributed by atoms with van der Waals surface area (Å²) >= 11 is 0. The zero-order valence-electron chi connectivity index (χ0n) is 11.0. The summed E-state index contributed by atoms with van der Waals surface area (Å²) in [4.78, 5) is 0. The van der Waals surface area contributed by atoms with E-state index in [2.05, 4.69) is 0 Å². The average Bonchev–Trinajstić information content (AvgIpc) is 2.56. The maximum absolute atomic E-state index is 13.8. The molecule has 0 aromatic heterocycles. The van der Waals surface area contributed by atoms with Gasteiger partial charge >= 0.3 is 0 Å². The van der Waals surface area contributed by atoms with Crippen LogP contribution in [0.5, 0.6) is 0 Å². The molecule has 0 heterocycles. The van der Waals surface area contributed by atoms with E-state index in [1.165, 1.54) is 0 Å². The standard InChI is InChI=1S/C18H15OP.Al.3H/c19-20(16-10-4-1-5-11-16,17-12-6-2-7-13-17)18-14-8-3-9-15-18;;;;/h1-15H;;;;. The lowest BCUT2D eigenvalue weighted by atomic mass is 10.4. The van der Waals surface area contributed by atoms with Crippen molar-refractivity contribution in [2.75, 3.05) is 0 Å². The first-order valence-electron chi connectivity index (χ1n) is 6.59. The third-order valence-corrected chi connectivity index (χ3v) is 6.44. The van der Waals surface area contributed by atoms with Gasteiger partial charge in [-0.2, -0.15) is 0 Å². The smallest absolute Gasteiger partial charge is 0.187 e. The molecule has 0 radical (unpaired) electrons. The summed E-state index contributed by atoms with van der Waals surface area (Å²) in [6.07, 6.45) is 0. The van der Waals surface area contributed by atoms with Crippen LogP contribution < -0.4 is 15.9 Å². The van der Waals surface area contributed by atoms with E-state index in [0.717, 1.165) is 15.9 Å². The molecule has 0 bridgehead atoms. The molecule has 0 atom stereocenters. The molecule has 0 aliphatic carbocycles. The molecule has 0 aliphatic rings. The maximum atomic E-state index is 13.8. The van der Waals surface area contributed by atoms with E-state index >= 15 is 0 Å². The molecule has 3 aromatic carbocycles. The molecule has 3 heteroatoms. The van der Waals surface area contributed by atoms with Gasteiger partial charge in [0.2, 0.25) is 0 Å². The van der Waals surface area contributed by atoms with E-state index in [9.17, 15) is 4.57 Å². The molecule has 0 N–H and O–H groups in total. The lowest BCUT2D eigenvalue weighted by Crippen LogP contribution is -2.24. The fraction of sp³-hybridized carbons (Fsp3) is 0. The Bertz CT molecular complexity index is 624. The van der Waals surface area contributed by atoms with Crippen LogP contribution in [-0.4, -0.2) is 17.4 Å². The Morgan fingerprint density at radius 2 is 0.714 bits per heavy atom. The number of benzene rings is 3. The summed E-state index contributed by atoms with van der Waals surface area (Å²) in [6.45, 7) is 0. The number of hydrogen-bond donors (Lipinski definition) is 0. The van der Waals surface area contributed by atoms with E-state index < -0.39 is 7.14 Å². The minimum Gasteiger partial charge on any atom is -0.309 e. The average molecular weight is 308 g/mol. The zero-order chi connectivity index (χ0) is 13.8. The van der Waals surface area contributed by atoms with Crippen LogP contribution in [0.3, 0.4) is 0 Å². The summed E-state index contributed by atoms with van der Waals surface area (Å²) in [5.74, 6) is 0. The highest BCUT2D eigenvalue weighted by Crippen LogP contribution is 2.41. The van der Waals surface area contributed by atoms with Crippen LogP contribution in [0.25, 0.3) is 0 Å². The van der Waals surface area contributed by atoms with Gasteiger partial charge in [0.05, 0.1) is 0 Å². The van der Waals surface area contributed by atoms with E-state index in [0.29, 0.717) is 0 Å². The van der Waals surface area contributed by atoms with Crippen LogP contribution in [0.2, 0.25) is 0 Å². The highest BCUT2D eigenvalue weighted by molar-refractivity contribution is 7.85. The fourth-order valence-corrected chi connectivity index (χ4v) is 5.03. The Kier molecular flexibility index (Phi) is 5.21. The summed E-state index contributed by atoms with van der Waals surface area (Å²) in [6, 6.07) is 29.1. The van der Waals surface area contributed by atoms with Crippen molar-refractivity contribution in [3.8, 4) is 0 Å². The van der Waals surface area contributed by atoms with Crippen molar-refractivity contribution in [1.82, 2.24) is 0 Å². The molecule has 21 heavy (non-hydrogen) atoms. The predicted molar refractivity (Wildman–Crippen MR) is 95.8 cm³/mol. The second kappa shape index (κ2) is 6.92. The lowest BCUT2D eigenvalue weighted by Gasteiger charge is -2.19. The molecule has 0 saturated heterocycles. The Balaban J connectivity index is 0.00000161. The monoisotopic (exact) mass is 308 g/mol. The van der Waals surface area contributed by atoms with Crippen molar-refractivity contribution in [3.63, 3.8) is 0 Å². The summed E-state index contributed by atoms with van der Waals surface area (Å²) in [7, 11) is -2.78. The molecule has 0 amide bonds. The van der Waals surface area contributed by atoms with Gasteiger partial charge in [-0.3, -0.25) is 0 Å². The first kappa shape index (κ1) is 15.8. The molecule has 3 rings (SSSR count). The van der Waals surface area contributed by atoms with Gasteiger partial charge in [-0.05, 0) is 0 Å². The highest BCUT2D eigenvalue weighted by atomic mass is 31.2. The van der Waals surface area contributed by atoms with E-state index in [4.69, 9.17) is 0 Å². The van der Waals surface area contributed by atoms with Crippen LogP contribution >= 0.6 is 7.14 Å². The van der Waals surface area contributed by atoms with Crippen molar-refractivity contribution in [3.05, 3.63) is 91.0 Å². The van der Waals surface area contributed by atoms with Crippen LogP contribution in [-0.2, 0) is 4.57 Å². The summed E-state index contributed by atoms with van der Waals surface area (Å²) in [5, 5.41) is 2.62. The van der Waals surface area contributed by atoms with Crippen LogP contribution in [0.4, 0.5) is 0 Å². The SMILES string of the molecule is O=P(c1ccccc1)(c1ccccc1)c1ccccc1.[AlH3]. The van der Waals surface area contributed by atoms with Crippen molar-refractivity contribution < 1.29 is 4.57 Å². The topological polar surface area (TPSA) is 17.1 Å². The van der Waals surface area contributed by atoms with Gasteiger partial charge in [0.25, 0.3) is 0 Å². The molecule has 104 valence electrons. The van der Waals surface area contributed by atoms with Gasteiger partial charge in [0, 0.05) is 15.9 Å². The number of rotatable bonds is 3. The zero-order valence-corrected chi connectivity index (χ0v) is 11.9. The maximum Gasteiger partial charge on any atom is 0.187 e. The largest absolute Gasteiger partial charge is 0.309 e. The third kappa shape index (κ3) is 3.04. The molecule has 1 nitrogen and oxygen atoms in total. The highest BCUT2D eigenvalue weighted by Gasteiger charge is 2.28. The normalized spacial score (nSPS) is 10.7. The minimum absolute atomic E-state index is 0. The van der Waals surface area contributed by atoms with E-state index in [1.807, 2.05) is 91.0 Å². The third-order valence-electron chi connectivity index (χ3n) is 3.36. The van der Waals surface area contributed by atoms with Gasteiger partial charge in [-0.1, -0.05) is 91.0 Å². The predicted octanol–water partition coefficient (Wildman–Crippen LogP) is 2.14. The second-order valence-corrected chi connectivity index (χ2v) is 7.38. The van der Waals surface area contributed by atoms with Crippen molar-refractivity contribution in [2.45, 2.75) is 0 Å². The second-order valence-electron chi connectivity index (χ2n) is 4.62. The van der Waals surface area contributed by atoms with Crippen molar-refractivity contribution >= 4 is 40.4 Å². The van der Waals surface area contributed by atoms with Gasteiger partial charge in [0.15, 0.2) is 24.5 Å². The molecule has 0 spiro atoms. The summed E-state index contributed by atoms with van der Waals surface area (Å²) in [5.41, 5.74) is 0. The Morgan fingerprint density at radius 1 is 0.476 bits per heavy atom. The first-order chi connectivity index (χ1) is 9.82. The van der Waals surface area contributed by atoms with Gasteiger partial charge < -0.3 is 4.57 Å². The first-order valence-corrected chi connectivity index (χ1v) is 8.29. The molecule has 0 aliphatic heterocycles. The van der Waals surface area contributed by atoms with Crippen molar-refractivity contribution in [1.29, 1.82) is 0 Å². The lowest BCUT2D eigenvalue weighted by molar-refractivity contribution is 0.592. The summed E-state index contributed by atoms with van der Waals surface area (Å²) < 4.78 is 13.8. The van der Waals surface area contributed by atoms with Gasteiger partial charge in [-0.25, -0.2) is 0 Å². The van der Waals surface area contributed by atoms with Gasteiger partial charge in [0.1, 0.15) is 0 Å². The van der Waals surface area contributed by atoms with Crippen LogP contribution in [0.15, 0.2) is 91.0 Å². The molecule has 0 unspecified atom stereocenters. The van der Waals surface area contributed by atoms with Crippen molar-refractivity contribution in [2.24, 2.45) is 0 Å².